The van der Waals surface area contributed by atoms with Gasteiger partial charge in [-0.2, -0.15) is 0 Å². The van der Waals surface area contributed by atoms with Crippen LogP contribution in [-0.2, 0) is 6.54 Å². The van der Waals surface area contributed by atoms with Crippen molar-refractivity contribution in [2.75, 3.05) is 6.61 Å². The van der Waals surface area contributed by atoms with Crippen LogP contribution in [-0.4, -0.2) is 12.1 Å². The normalized spacial score (nSPS) is 11.4. The Kier molecular flexibility index (Phi) is 5.17. The highest BCUT2D eigenvalue weighted by Crippen LogP contribution is 2.24. The van der Waals surface area contributed by atoms with Crippen LogP contribution >= 0.6 is 11.6 Å². The van der Waals surface area contributed by atoms with Gasteiger partial charge in [0, 0.05) is 22.7 Å². The number of hydrogen-bond acceptors (Lipinski definition) is 2. The van der Waals surface area contributed by atoms with Crippen LogP contribution in [0.15, 0.2) is 29.8 Å². The zero-order valence-electron chi connectivity index (χ0n) is 11.0. The molecule has 100 valence electrons. The third kappa shape index (κ3) is 5.07. The van der Waals surface area contributed by atoms with E-state index < -0.39 is 0 Å². The molecule has 18 heavy (non-hydrogen) atoms. The van der Waals surface area contributed by atoms with Gasteiger partial charge in [0.15, 0.2) is 11.6 Å². The Hall–Kier alpha value is -1.06. The van der Waals surface area contributed by atoms with Crippen LogP contribution in [0.4, 0.5) is 4.39 Å². The zero-order valence-corrected chi connectivity index (χ0v) is 11.8. The Morgan fingerprint density at radius 2 is 2.11 bits per heavy atom. The van der Waals surface area contributed by atoms with Gasteiger partial charge in [-0.3, -0.25) is 0 Å². The Morgan fingerprint density at radius 3 is 2.67 bits per heavy atom. The highest BCUT2D eigenvalue weighted by Gasteiger charge is 2.13. The van der Waals surface area contributed by atoms with Gasteiger partial charge < -0.3 is 10.1 Å². The van der Waals surface area contributed by atoms with E-state index in [4.69, 9.17) is 16.3 Å². The molecule has 0 fully saturated rings. The first kappa shape index (κ1) is 15.0. The number of hydrogen-bond donors (Lipinski definition) is 1. The van der Waals surface area contributed by atoms with Gasteiger partial charge in [0.05, 0.1) is 0 Å². The lowest BCUT2D eigenvalue weighted by Crippen LogP contribution is -2.35. The number of ether oxygens (including phenoxy) is 1. The zero-order chi connectivity index (χ0) is 13.8. The van der Waals surface area contributed by atoms with Crippen LogP contribution in [0.1, 0.15) is 26.3 Å². The summed E-state index contributed by atoms with van der Waals surface area (Å²) < 4.78 is 19.0. The summed E-state index contributed by atoms with van der Waals surface area (Å²) in [7, 11) is 0. The summed E-state index contributed by atoms with van der Waals surface area (Å²) in [5.41, 5.74) is 0.725. The third-order valence-corrected chi connectivity index (χ3v) is 2.34. The van der Waals surface area contributed by atoms with Crippen LogP contribution in [0.25, 0.3) is 0 Å². The number of halogens is 2. The van der Waals surface area contributed by atoms with Gasteiger partial charge in [-0.05, 0) is 26.8 Å². The van der Waals surface area contributed by atoms with Gasteiger partial charge in [0.1, 0.15) is 6.61 Å². The smallest absolute Gasteiger partial charge is 0.165 e. The second-order valence-corrected chi connectivity index (χ2v) is 5.67. The molecule has 1 aromatic rings. The summed E-state index contributed by atoms with van der Waals surface area (Å²) in [6.45, 7) is 10.3. The first-order valence-electron chi connectivity index (χ1n) is 5.78. The molecule has 2 nitrogen and oxygen atoms in total. The minimum absolute atomic E-state index is 0.0420. The second-order valence-electron chi connectivity index (χ2n) is 5.14. The topological polar surface area (TPSA) is 21.3 Å². The maximum absolute atomic E-state index is 13.7. The van der Waals surface area contributed by atoms with E-state index in [-0.39, 0.29) is 23.7 Å². The van der Waals surface area contributed by atoms with Crippen molar-refractivity contribution in [2.45, 2.75) is 32.9 Å². The van der Waals surface area contributed by atoms with Crippen molar-refractivity contribution in [3.8, 4) is 5.75 Å². The average Bonchev–Trinajstić information content (AvgIpc) is 2.23. The first-order chi connectivity index (χ1) is 8.29. The van der Waals surface area contributed by atoms with Crippen LogP contribution in [0.2, 0.25) is 0 Å². The predicted octanol–water partition coefficient (Wildman–Crippen LogP) is 3.85. The lowest BCUT2D eigenvalue weighted by atomic mass is 10.1. The van der Waals surface area contributed by atoms with E-state index in [1.807, 2.05) is 26.8 Å². The van der Waals surface area contributed by atoms with Gasteiger partial charge in [0.25, 0.3) is 0 Å². The summed E-state index contributed by atoms with van der Waals surface area (Å²) in [6, 6.07) is 4.86. The molecule has 0 unspecified atom stereocenters. The fourth-order valence-corrected chi connectivity index (χ4v) is 1.42. The standard InChI is InChI=1S/C14H19ClFNO/c1-10(15)9-18-13-11(6-5-7-12(13)16)8-17-14(2,3)4/h5-7,17H,1,8-9H2,2-4H3. The minimum atomic E-state index is -0.388. The van der Waals surface area contributed by atoms with Gasteiger partial charge in [-0.25, -0.2) is 4.39 Å². The lowest BCUT2D eigenvalue weighted by Gasteiger charge is -2.21. The Bertz CT molecular complexity index is 426. The van der Waals surface area contributed by atoms with Crippen LogP contribution < -0.4 is 10.1 Å². The van der Waals surface area contributed by atoms with Gasteiger partial charge >= 0.3 is 0 Å². The molecular weight excluding hydrogens is 253 g/mol. The van der Waals surface area contributed by atoms with E-state index in [2.05, 4.69) is 11.9 Å². The molecule has 1 N–H and O–H groups in total. The molecule has 0 aromatic heterocycles. The Morgan fingerprint density at radius 1 is 1.44 bits per heavy atom. The molecule has 0 radical (unpaired) electrons. The maximum Gasteiger partial charge on any atom is 0.165 e. The van der Waals surface area contributed by atoms with Gasteiger partial charge in [-0.1, -0.05) is 30.3 Å². The van der Waals surface area contributed by atoms with E-state index in [0.717, 1.165) is 5.56 Å². The quantitative estimate of drug-likeness (QED) is 0.878. The van der Waals surface area contributed by atoms with Crippen LogP contribution in [0.5, 0.6) is 5.75 Å². The number of para-hydroxylation sites is 1. The SMILES string of the molecule is C=C(Cl)COc1c(F)cccc1CNC(C)(C)C. The van der Waals surface area contributed by atoms with E-state index in [9.17, 15) is 4.39 Å². The maximum atomic E-state index is 13.7. The molecule has 1 aromatic carbocycles. The molecule has 0 bridgehead atoms. The molecule has 0 saturated heterocycles. The molecule has 0 heterocycles. The summed E-state index contributed by atoms with van der Waals surface area (Å²) in [4.78, 5) is 0. The first-order valence-corrected chi connectivity index (χ1v) is 6.16. The van der Waals surface area contributed by atoms with E-state index >= 15 is 0 Å². The van der Waals surface area contributed by atoms with Crippen molar-refractivity contribution in [3.05, 3.63) is 41.2 Å². The second kappa shape index (κ2) is 6.21. The average molecular weight is 272 g/mol. The predicted molar refractivity (Wildman–Crippen MR) is 73.5 cm³/mol. The summed E-state index contributed by atoms with van der Waals surface area (Å²) >= 11 is 5.62. The molecule has 0 aliphatic carbocycles. The fourth-order valence-electron chi connectivity index (χ4n) is 1.37. The monoisotopic (exact) mass is 271 g/mol. The molecule has 1 rings (SSSR count). The number of nitrogens with one attached hydrogen (secondary N) is 1. The van der Waals surface area contributed by atoms with E-state index in [0.29, 0.717) is 11.6 Å². The highest BCUT2D eigenvalue weighted by molar-refractivity contribution is 6.29. The van der Waals surface area contributed by atoms with Crippen molar-refractivity contribution in [2.24, 2.45) is 0 Å². The van der Waals surface area contributed by atoms with Crippen molar-refractivity contribution in [1.29, 1.82) is 0 Å². The largest absolute Gasteiger partial charge is 0.485 e. The molecule has 0 aliphatic heterocycles. The summed E-state index contributed by atoms with van der Waals surface area (Å²) in [6.07, 6.45) is 0. The number of rotatable bonds is 5. The Labute approximate surface area is 113 Å². The van der Waals surface area contributed by atoms with Gasteiger partial charge in [-0.15, -0.1) is 0 Å². The summed E-state index contributed by atoms with van der Waals surface area (Å²) in [5, 5.41) is 3.63. The van der Waals surface area contributed by atoms with Crippen molar-refractivity contribution >= 4 is 11.6 Å². The Balaban J connectivity index is 2.83. The third-order valence-electron chi connectivity index (χ3n) is 2.23. The lowest BCUT2D eigenvalue weighted by molar-refractivity contribution is 0.329. The molecule has 0 amide bonds. The van der Waals surface area contributed by atoms with E-state index in [1.54, 1.807) is 6.07 Å². The number of benzene rings is 1. The molecular formula is C14H19ClFNO. The molecule has 0 atom stereocenters. The van der Waals surface area contributed by atoms with Gasteiger partial charge in [0.2, 0.25) is 0 Å². The molecule has 0 saturated carbocycles. The van der Waals surface area contributed by atoms with Crippen molar-refractivity contribution in [1.82, 2.24) is 5.32 Å². The molecule has 0 aliphatic rings. The van der Waals surface area contributed by atoms with Crippen LogP contribution in [0.3, 0.4) is 0 Å². The molecule has 0 spiro atoms. The van der Waals surface area contributed by atoms with Crippen molar-refractivity contribution < 1.29 is 9.13 Å². The van der Waals surface area contributed by atoms with Crippen LogP contribution in [0, 0.1) is 5.82 Å². The van der Waals surface area contributed by atoms with E-state index in [1.165, 1.54) is 6.07 Å². The highest BCUT2D eigenvalue weighted by atomic mass is 35.5. The van der Waals surface area contributed by atoms with Crippen molar-refractivity contribution in [3.63, 3.8) is 0 Å². The fraction of sp³-hybridized carbons (Fsp3) is 0.429. The minimum Gasteiger partial charge on any atom is -0.485 e. The summed E-state index contributed by atoms with van der Waals surface area (Å²) in [5.74, 6) is -0.155. The molecule has 4 heteroatoms.